The Bertz CT molecular complexity index is 420. The molecule has 1 unspecified atom stereocenters. The number of carbonyl (C=O) groups is 1. The number of rotatable bonds is 3. The number of halogens is 1. The van der Waals surface area contributed by atoms with Gasteiger partial charge in [0.25, 0.3) is 0 Å². The van der Waals surface area contributed by atoms with Crippen molar-refractivity contribution >= 4 is 33.2 Å². The lowest BCUT2D eigenvalue weighted by Gasteiger charge is -2.22. The molecule has 0 radical (unpaired) electrons. The highest BCUT2D eigenvalue weighted by atomic mass is 79.9. The highest BCUT2D eigenvalue weighted by molar-refractivity contribution is 9.11. The third-order valence-electron chi connectivity index (χ3n) is 3.34. The van der Waals surface area contributed by atoms with Crippen molar-refractivity contribution < 1.29 is 4.79 Å². The predicted molar refractivity (Wildman–Crippen MR) is 74.1 cm³/mol. The van der Waals surface area contributed by atoms with Gasteiger partial charge in [0.2, 0.25) is 5.91 Å². The molecule has 1 aromatic rings. The maximum absolute atomic E-state index is 11.8. The first kappa shape index (κ1) is 13.1. The number of hydrogen-bond donors (Lipinski definition) is 1. The third kappa shape index (κ3) is 2.89. The van der Waals surface area contributed by atoms with Crippen molar-refractivity contribution in [3.63, 3.8) is 0 Å². The zero-order chi connectivity index (χ0) is 12.5. The minimum absolute atomic E-state index is 0.160. The van der Waals surface area contributed by atoms with Gasteiger partial charge in [-0.05, 0) is 48.0 Å². The Kier molecular flexibility index (Phi) is 3.90. The molecule has 0 saturated carbocycles. The van der Waals surface area contributed by atoms with Crippen LogP contribution in [0.25, 0.3) is 0 Å². The zero-order valence-corrected chi connectivity index (χ0v) is 12.5. The van der Waals surface area contributed by atoms with Crippen molar-refractivity contribution in [3.8, 4) is 0 Å². The van der Waals surface area contributed by atoms with Crippen LogP contribution in [-0.4, -0.2) is 30.9 Å². The Morgan fingerprint density at radius 1 is 1.65 bits per heavy atom. The second kappa shape index (κ2) is 5.08. The van der Waals surface area contributed by atoms with Gasteiger partial charge in [-0.15, -0.1) is 11.3 Å². The summed E-state index contributed by atoms with van der Waals surface area (Å²) in [5, 5.41) is 2.77. The smallest absolute Gasteiger partial charge is 0.227 e. The lowest BCUT2D eigenvalue weighted by atomic mass is 9.89. The van der Waals surface area contributed by atoms with Crippen LogP contribution >= 0.6 is 27.3 Å². The van der Waals surface area contributed by atoms with E-state index in [0.29, 0.717) is 0 Å². The Morgan fingerprint density at radius 3 is 3.00 bits per heavy atom. The van der Waals surface area contributed by atoms with Crippen LogP contribution in [0.4, 0.5) is 0 Å². The third-order valence-corrected chi connectivity index (χ3v) is 4.94. The summed E-state index contributed by atoms with van der Waals surface area (Å²) in [5.41, 5.74) is -0.219. The summed E-state index contributed by atoms with van der Waals surface area (Å²) in [4.78, 5) is 15.5. The molecular formula is C12H17BrN2OS. The number of thiophene rings is 1. The number of carbonyl (C=O) groups excluding carboxylic acids is 1. The molecule has 1 atom stereocenters. The van der Waals surface area contributed by atoms with Crippen LogP contribution in [0.3, 0.4) is 0 Å². The topological polar surface area (TPSA) is 32.3 Å². The maximum atomic E-state index is 11.8. The van der Waals surface area contributed by atoms with E-state index >= 15 is 0 Å². The van der Waals surface area contributed by atoms with E-state index < -0.39 is 0 Å². The van der Waals surface area contributed by atoms with Crippen molar-refractivity contribution in [2.45, 2.75) is 19.9 Å². The molecule has 1 N–H and O–H groups in total. The van der Waals surface area contributed by atoms with Crippen LogP contribution in [0.15, 0.2) is 15.9 Å². The Morgan fingerprint density at radius 2 is 2.41 bits per heavy atom. The zero-order valence-electron chi connectivity index (χ0n) is 10.1. The van der Waals surface area contributed by atoms with E-state index in [0.717, 1.165) is 26.1 Å². The number of likely N-dealkylation sites (tertiary alicyclic amines) is 1. The molecule has 94 valence electrons. The highest BCUT2D eigenvalue weighted by Gasteiger charge is 2.39. The lowest BCUT2D eigenvalue weighted by Crippen LogP contribution is -2.39. The first-order chi connectivity index (χ1) is 8.03. The lowest BCUT2D eigenvalue weighted by molar-refractivity contribution is -0.129. The van der Waals surface area contributed by atoms with Gasteiger partial charge in [0.1, 0.15) is 0 Å². The number of nitrogens with one attached hydrogen (secondary N) is 1. The molecule has 0 spiro atoms. The van der Waals surface area contributed by atoms with Crippen molar-refractivity contribution in [1.82, 2.24) is 10.2 Å². The van der Waals surface area contributed by atoms with Crippen molar-refractivity contribution in [2.24, 2.45) is 5.41 Å². The molecule has 1 saturated heterocycles. The van der Waals surface area contributed by atoms with Gasteiger partial charge in [-0.2, -0.15) is 0 Å². The largest absolute Gasteiger partial charge is 0.359 e. The van der Waals surface area contributed by atoms with Gasteiger partial charge in [-0.1, -0.05) is 0 Å². The minimum atomic E-state index is -0.219. The van der Waals surface area contributed by atoms with Gasteiger partial charge in [0, 0.05) is 25.0 Å². The first-order valence-electron chi connectivity index (χ1n) is 5.72. The summed E-state index contributed by atoms with van der Waals surface area (Å²) in [5.74, 6) is 0.160. The molecule has 0 aliphatic carbocycles. The van der Waals surface area contributed by atoms with Crippen LogP contribution in [0.1, 0.15) is 18.2 Å². The van der Waals surface area contributed by atoms with Gasteiger partial charge in [-0.3, -0.25) is 9.69 Å². The van der Waals surface area contributed by atoms with Crippen LogP contribution in [0.2, 0.25) is 0 Å². The molecular weight excluding hydrogens is 300 g/mol. The van der Waals surface area contributed by atoms with Crippen LogP contribution in [-0.2, 0) is 11.3 Å². The first-order valence-corrected chi connectivity index (χ1v) is 7.33. The summed E-state index contributed by atoms with van der Waals surface area (Å²) in [7, 11) is 1.71. The molecule has 1 fully saturated rings. The maximum Gasteiger partial charge on any atom is 0.227 e. The van der Waals surface area contributed by atoms with E-state index in [2.05, 4.69) is 45.2 Å². The fourth-order valence-electron chi connectivity index (χ4n) is 2.34. The monoisotopic (exact) mass is 316 g/mol. The van der Waals surface area contributed by atoms with Gasteiger partial charge >= 0.3 is 0 Å². The van der Waals surface area contributed by atoms with E-state index in [1.807, 2.05) is 0 Å². The van der Waals surface area contributed by atoms with Crippen LogP contribution in [0.5, 0.6) is 0 Å². The van der Waals surface area contributed by atoms with Gasteiger partial charge in [0.05, 0.1) is 9.20 Å². The molecule has 2 rings (SSSR count). The summed E-state index contributed by atoms with van der Waals surface area (Å²) in [6.07, 6.45) is 0.944. The van der Waals surface area contributed by atoms with Crippen molar-refractivity contribution in [1.29, 1.82) is 0 Å². The molecule has 1 aromatic heterocycles. The highest BCUT2D eigenvalue weighted by Crippen LogP contribution is 2.32. The van der Waals surface area contributed by atoms with E-state index in [-0.39, 0.29) is 11.3 Å². The average Bonchev–Trinajstić information content (AvgIpc) is 2.86. The van der Waals surface area contributed by atoms with E-state index in [4.69, 9.17) is 0 Å². The number of nitrogens with zero attached hydrogens (tertiary/aromatic N) is 1. The SMILES string of the molecule is CNC(=O)C1(C)CCN(Cc2ccc(Br)s2)C1. The molecule has 0 bridgehead atoms. The second-order valence-electron chi connectivity index (χ2n) is 4.81. The van der Waals surface area contributed by atoms with Gasteiger partial charge in [-0.25, -0.2) is 0 Å². The molecule has 0 aromatic carbocycles. The van der Waals surface area contributed by atoms with Gasteiger partial charge < -0.3 is 5.32 Å². The van der Waals surface area contributed by atoms with E-state index in [1.165, 1.54) is 8.66 Å². The fourth-order valence-corrected chi connectivity index (χ4v) is 3.86. The molecule has 1 aliphatic heterocycles. The Labute approximate surface area is 114 Å². The molecule has 17 heavy (non-hydrogen) atoms. The molecule has 3 nitrogen and oxygen atoms in total. The molecule has 2 heterocycles. The fraction of sp³-hybridized carbons (Fsp3) is 0.583. The summed E-state index contributed by atoms with van der Waals surface area (Å²) >= 11 is 5.24. The van der Waals surface area contributed by atoms with Crippen molar-refractivity contribution in [2.75, 3.05) is 20.1 Å². The van der Waals surface area contributed by atoms with E-state index in [1.54, 1.807) is 18.4 Å². The standard InChI is InChI=1S/C12H17BrN2OS/c1-12(11(16)14-2)5-6-15(8-12)7-9-3-4-10(13)17-9/h3-4H,5-8H2,1-2H3,(H,14,16). The number of amides is 1. The summed E-state index contributed by atoms with van der Waals surface area (Å²) in [6.45, 7) is 4.85. The van der Waals surface area contributed by atoms with Gasteiger partial charge in [0.15, 0.2) is 0 Å². The average molecular weight is 317 g/mol. The van der Waals surface area contributed by atoms with E-state index in [9.17, 15) is 4.79 Å². The summed E-state index contributed by atoms with van der Waals surface area (Å²) in [6, 6.07) is 4.22. The van der Waals surface area contributed by atoms with Crippen LogP contribution < -0.4 is 5.32 Å². The Hall–Kier alpha value is -0.390. The molecule has 5 heteroatoms. The van der Waals surface area contributed by atoms with Crippen LogP contribution in [0, 0.1) is 5.41 Å². The minimum Gasteiger partial charge on any atom is -0.359 e. The van der Waals surface area contributed by atoms with Crippen molar-refractivity contribution in [3.05, 3.63) is 20.8 Å². The summed E-state index contributed by atoms with van der Waals surface area (Å²) < 4.78 is 1.17. The normalized spacial score (nSPS) is 25.1. The molecule has 1 aliphatic rings. The second-order valence-corrected chi connectivity index (χ2v) is 7.35. The molecule has 1 amide bonds. The Balaban J connectivity index is 1.96. The quantitative estimate of drug-likeness (QED) is 0.929. The predicted octanol–water partition coefficient (Wildman–Crippen LogP) is 2.47. The number of hydrogen-bond acceptors (Lipinski definition) is 3.